The summed E-state index contributed by atoms with van der Waals surface area (Å²) in [4.78, 5) is 14.7. The van der Waals surface area contributed by atoms with Gasteiger partial charge in [-0.2, -0.15) is 0 Å². The lowest BCUT2D eigenvalue weighted by atomic mass is 9.86. The average molecular weight is 345 g/mol. The molecular formula is C20H25ClN2O. The summed E-state index contributed by atoms with van der Waals surface area (Å²) >= 11 is 0. The van der Waals surface area contributed by atoms with Gasteiger partial charge in [-0.1, -0.05) is 45.0 Å². The van der Waals surface area contributed by atoms with Crippen molar-refractivity contribution in [1.29, 1.82) is 0 Å². The lowest BCUT2D eigenvalue weighted by Gasteiger charge is -2.22. The molecule has 128 valence electrons. The summed E-state index contributed by atoms with van der Waals surface area (Å²) < 4.78 is 0. The van der Waals surface area contributed by atoms with Crippen LogP contribution in [0.1, 0.15) is 47.8 Å². The molecule has 1 heterocycles. The Morgan fingerprint density at radius 2 is 1.79 bits per heavy atom. The van der Waals surface area contributed by atoms with Crippen LogP contribution in [-0.4, -0.2) is 12.5 Å². The van der Waals surface area contributed by atoms with Crippen LogP contribution in [-0.2, 0) is 18.4 Å². The Labute approximate surface area is 150 Å². The number of nitrogens with two attached hydrogens (primary N) is 1. The molecule has 0 fully saturated rings. The summed E-state index contributed by atoms with van der Waals surface area (Å²) in [5.74, 6) is 0.0656. The largest absolute Gasteiger partial charge is 0.326 e. The van der Waals surface area contributed by atoms with Crippen molar-refractivity contribution in [2.75, 3.05) is 11.4 Å². The van der Waals surface area contributed by atoms with Gasteiger partial charge in [-0.25, -0.2) is 0 Å². The second-order valence-corrected chi connectivity index (χ2v) is 7.20. The number of amides is 1. The molecule has 2 aromatic rings. The van der Waals surface area contributed by atoms with Crippen LogP contribution < -0.4 is 10.6 Å². The number of nitrogens with zero attached hydrogens (tertiary/aromatic N) is 1. The standard InChI is InChI=1S/C20H24N2O.ClH/c1-20(2,3)17-8-9-18-16(12-17)10-11-22(18)19(23)15-6-4-14(13-21)5-7-15;/h4-9,12H,10-11,13,21H2,1-3H3;1H. The zero-order chi connectivity index (χ0) is 16.6. The second-order valence-electron chi connectivity index (χ2n) is 7.20. The van der Waals surface area contributed by atoms with E-state index < -0.39 is 0 Å². The van der Waals surface area contributed by atoms with Gasteiger partial charge in [0.2, 0.25) is 0 Å². The van der Waals surface area contributed by atoms with Crippen molar-refractivity contribution in [1.82, 2.24) is 0 Å². The van der Waals surface area contributed by atoms with E-state index in [1.807, 2.05) is 29.2 Å². The average Bonchev–Trinajstić information content (AvgIpc) is 2.96. The van der Waals surface area contributed by atoms with E-state index in [4.69, 9.17) is 5.73 Å². The summed E-state index contributed by atoms with van der Waals surface area (Å²) in [6, 6.07) is 14.1. The fourth-order valence-corrected chi connectivity index (χ4v) is 3.02. The third-order valence-corrected chi connectivity index (χ3v) is 4.52. The van der Waals surface area contributed by atoms with Gasteiger partial charge >= 0.3 is 0 Å². The molecular weight excluding hydrogens is 320 g/mol. The highest BCUT2D eigenvalue weighted by molar-refractivity contribution is 6.07. The van der Waals surface area contributed by atoms with Crippen LogP contribution in [0, 0.1) is 0 Å². The maximum atomic E-state index is 12.8. The van der Waals surface area contributed by atoms with Crippen LogP contribution in [0.4, 0.5) is 5.69 Å². The molecule has 24 heavy (non-hydrogen) atoms. The number of hydrogen-bond acceptors (Lipinski definition) is 2. The molecule has 0 atom stereocenters. The van der Waals surface area contributed by atoms with Crippen LogP contribution in [0.5, 0.6) is 0 Å². The van der Waals surface area contributed by atoms with Gasteiger partial charge in [0.15, 0.2) is 0 Å². The van der Waals surface area contributed by atoms with Gasteiger partial charge in [-0.05, 0) is 46.7 Å². The van der Waals surface area contributed by atoms with Gasteiger partial charge in [0.05, 0.1) is 0 Å². The number of anilines is 1. The predicted octanol–water partition coefficient (Wildman–Crippen LogP) is 4.07. The summed E-state index contributed by atoms with van der Waals surface area (Å²) in [6.45, 7) is 7.89. The maximum Gasteiger partial charge on any atom is 0.258 e. The van der Waals surface area contributed by atoms with E-state index >= 15 is 0 Å². The number of fused-ring (bicyclic) bond motifs is 1. The highest BCUT2D eigenvalue weighted by Gasteiger charge is 2.27. The fraction of sp³-hybridized carbons (Fsp3) is 0.350. The van der Waals surface area contributed by atoms with E-state index in [0.717, 1.165) is 29.8 Å². The molecule has 2 N–H and O–H groups in total. The quantitative estimate of drug-likeness (QED) is 0.892. The van der Waals surface area contributed by atoms with Crippen molar-refractivity contribution < 1.29 is 4.79 Å². The third kappa shape index (κ3) is 3.47. The number of hydrogen-bond donors (Lipinski definition) is 1. The molecule has 2 aromatic carbocycles. The van der Waals surface area contributed by atoms with Crippen LogP contribution in [0.25, 0.3) is 0 Å². The lowest BCUT2D eigenvalue weighted by molar-refractivity contribution is 0.0989. The van der Waals surface area contributed by atoms with Crippen LogP contribution in [0.15, 0.2) is 42.5 Å². The van der Waals surface area contributed by atoms with Gasteiger partial charge in [0, 0.05) is 24.3 Å². The topological polar surface area (TPSA) is 46.3 Å². The normalized spacial score (nSPS) is 13.4. The minimum atomic E-state index is 0. The molecule has 1 amide bonds. The van der Waals surface area contributed by atoms with Crippen molar-refractivity contribution in [3.8, 4) is 0 Å². The molecule has 3 rings (SSSR count). The molecule has 0 aromatic heterocycles. The summed E-state index contributed by atoms with van der Waals surface area (Å²) in [6.07, 6.45) is 0.922. The van der Waals surface area contributed by atoms with Crippen molar-refractivity contribution in [3.05, 3.63) is 64.7 Å². The molecule has 0 aliphatic carbocycles. The monoisotopic (exact) mass is 344 g/mol. The summed E-state index contributed by atoms with van der Waals surface area (Å²) in [7, 11) is 0. The highest BCUT2D eigenvalue weighted by Crippen LogP contribution is 2.33. The van der Waals surface area contributed by atoms with Gasteiger partial charge in [-0.15, -0.1) is 12.4 Å². The summed E-state index contributed by atoms with van der Waals surface area (Å²) in [5.41, 5.74) is 11.1. The summed E-state index contributed by atoms with van der Waals surface area (Å²) in [5, 5.41) is 0. The molecule has 0 unspecified atom stereocenters. The van der Waals surface area contributed by atoms with Gasteiger partial charge in [0.1, 0.15) is 0 Å². The zero-order valence-corrected chi connectivity index (χ0v) is 15.3. The van der Waals surface area contributed by atoms with E-state index in [1.54, 1.807) is 0 Å². The van der Waals surface area contributed by atoms with Gasteiger partial charge in [-0.3, -0.25) is 4.79 Å². The van der Waals surface area contributed by atoms with Crippen LogP contribution in [0.2, 0.25) is 0 Å². The minimum Gasteiger partial charge on any atom is -0.326 e. The van der Waals surface area contributed by atoms with E-state index in [-0.39, 0.29) is 23.7 Å². The molecule has 3 nitrogen and oxygen atoms in total. The van der Waals surface area contributed by atoms with Crippen molar-refractivity contribution in [2.45, 2.75) is 39.2 Å². The second kappa shape index (κ2) is 6.96. The first-order valence-electron chi connectivity index (χ1n) is 8.14. The third-order valence-electron chi connectivity index (χ3n) is 4.52. The maximum absolute atomic E-state index is 12.8. The molecule has 0 saturated carbocycles. The first-order valence-corrected chi connectivity index (χ1v) is 8.14. The number of carbonyl (C=O) groups is 1. The van der Waals surface area contributed by atoms with Gasteiger partial charge in [0.25, 0.3) is 5.91 Å². The van der Waals surface area contributed by atoms with Crippen molar-refractivity contribution >= 4 is 24.0 Å². The Hall–Kier alpha value is -1.84. The number of carbonyl (C=O) groups excluding carboxylic acids is 1. The molecule has 4 heteroatoms. The van der Waals surface area contributed by atoms with Crippen LogP contribution in [0.3, 0.4) is 0 Å². The minimum absolute atomic E-state index is 0. The Morgan fingerprint density at radius 3 is 2.38 bits per heavy atom. The highest BCUT2D eigenvalue weighted by atomic mass is 35.5. The first kappa shape index (κ1) is 18.5. The van der Waals surface area contributed by atoms with E-state index in [1.165, 1.54) is 11.1 Å². The Balaban J connectivity index is 0.00000208. The molecule has 1 aliphatic rings. The van der Waals surface area contributed by atoms with E-state index in [0.29, 0.717) is 6.54 Å². The van der Waals surface area contributed by atoms with Crippen molar-refractivity contribution in [2.24, 2.45) is 5.73 Å². The molecule has 0 radical (unpaired) electrons. The van der Waals surface area contributed by atoms with E-state index in [2.05, 4.69) is 39.0 Å². The number of benzene rings is 2. The predicted molar refractivity (Wildman–Crippen MR) is 102 cm³/mol. The number of rotatable bonds is 2. The van der Waals surface area contributed by atoms with Gasteiger partial charge < -0.3 is 10.6 Å². The molecule has 0 spiro atoms. The number of halogens is 1. The fourth-order valence-electron chi connectivity index (χ4n) is 3.02. The first-order chi connectivity index (χ1) is 10.9. The van der Waals surface area contributed by atoms with Crippen molar-refractivity contribution in [3.63, 3.8) is 0 Å². The van der Waals surface area contributed by atoms with E-state index in [9.17, 15) is 4.79 Å². The smallest absolute Gasteiger partial charge is 0.258 e. The Bertz CT molecular complexity index is 732. The SMILES string of the molecule is CC(C)(C)c1ccc2c(c1)CCN2C(=O)c1ccc(CN)cc1.Cl. The lowest BCUT2D eigenvalue weighted by Crippen LogP contribution is -2.28. The molecule has 0 bridgehead atoms. The Morgan fingerprint density at radius 1 is 1.12 bits per heavy atom. The molecule has 1 aliphatic heterocycles. The Kier molecular flexibility index (Phi) is 5.36. The van der Waals surface area contributed by atoms with Crippen LogP contribution >= 0.6 is 12.4 Å². The molecule has 0 saturated heterocycles. The zero-order valence-electron chi connectivity index (χ0n) is 14.5.